The number of hydrogen-bond donors (Lipinski definition) is 0. The van der Waals surface area contributed by atoms with Gasteiger partial charge < -0.3 is 9.31 Å². The van der Waals surface area contributed by atoms with Crippen LogP contribution in [0.1, 0.15) is 33.3 Å². The lowest BCUT2D eigenvalue weighted by atomic mass is 9.81. The van der Waals surface area contributed by atoms with Crippen LogP contribution < -0.4 is 0 Å². The van der Waals surface area contributed by atoms with Crippen molar-refractivity contribution in [1.29, 1.82) is 0 Å². The van der Waals surface area contributed by atoms with Crippen LogP contribution in [0.4, 0.5) is 4.39 Å². The minimum absolute atomic E-state index is 0.260. The van der Waals surface area contributed by atoms with E-state index in [1.807, 2.05) is 33.8 Å². The average Bonchev–Trinajstić information content (AvgIpc) is 2.43. The van der Waals surface area contributed by atoms with E-state index in [1.54, 1.807) is 6.07 Å². The molecule has 1 aliphatic rings. The summed E-state index contributed by atoms with van der Waals surface area (Å²) in [4.78, 5) is 0. The number of benzene rings is 1. The van der Waals surface area contributed by atoms with Crippen molar-refractivity contribution >= 4 is 23.0 Å². The lowest BCUT2D eigenvalue weighted by Gasteiger charge is -2.32. The second-order valence-electron chi connectivity index (χ2n) is 5.60. The van der Waals surface area contributed by atoms with Crippen LogP contribution in [0.25, 0.3) is 0 Å². The molecule has 0 saturated carbocycles. The van der Waals surface area contributed by atoms with Gasteiger partial charge in [0.15, 0.2) is 0 Å². The van der Waals surface area contributed by atoms with E-state index in [1.165, 1.54) is 6.07 Å². The summed E-state index contributed by atoms with van der Waals surface area (Å²) in [5.74, 6) is -0.260. The van der Waals surface area contributed by atoms with Crippen molar-refractivity contribution in [3.8, 4) is 0 Å². The minimum Gasteiger partial charge on any atom is -0.403 e. The standard InChI is InChI=1S/C13H17BBrFO2/c1-12(2)13(3,4)18-14(17-12)8-9-6-5-7-10(16)11(9)15/h5-7H,8H2,1-4H3. The van der Waals surface area contributed by atoms with Crippen LogP contribution in [-0.4, -0.2) is 18.3 Å². The van der Waals surface area contributed by atoms with Gasteiger partial charge in [-0.15, -0.1) is 0 Å². The van der Waals surface area contributed by atoms with Gasteiger partial charge in [-0.1, -0.05) is 12.1 Å². The molecule has 0 N–H and O–H groups in total. The molecule has 0 aliphatic carbocycles. The molecule has 18 heavy (non-hydrogen) atoms. The van der Waals surface area contributed by atoms with Crippen LogP contribution in [0, 0.1) is 5.82 Å². The lowest BCUT2D eigenvalue weighted by molar-refractivity contribution is 0.00578. The first-order valence-electron chi connectivity index (χ1n) is 6.01. The maximum Gasteiger partial charge on any atom is 0.462 e. The van der Waals surface area contributed by atoms with Gasteiger partial charge in [-0.25, -0.2) is 4.39 Å². The Morgan fingerprint density at radius 2 is 1.72 bits per heavy atom. The van der Waals surface area contributed by atoms with Crippen LogP contribution in [0.3, 0.4) is 0 Å². The Balaban J connectivity index is 2.15. The summed E-state index contributed by atoms with van der Waals surface area (Å²) in [6.45, 7) is 8.03. The fourth-order valence-corrected chi connectivity index (χ4v) is 2.36. The minimum atomic E-state index is -0.350. The Kier molecular flexibility index (Phi) is 3.60. The maximum atomic E-state index is 13.4. The fourth-order valence-electron chi connectivity index (χ4n) is 1.93. The first-order valence-corrected chi connectivity index (χ1v) is 6.81. The van der Waals surface area contributed by atoms with Gasteiger partial charge in [0.2, 0.25) is 0 Å². The third-order valence-corrected chi connectivity index (χ3v) is 4.61. The van der Waals surface area contributed by atoms with Gasteiger partial charge in [0, 0.05) is 6.32 Å². The molecule has 1 fully saturated rings. The number of hydrogen-bond acceptors (Lipinski definition) is 2. The largest absolute Gasteiger partial charge is 0.462 e. The molecule has 98 valence electrons. The normalized spacial score (nSPS) is 21.3. The molecule has 1 aromatic rings. The SMILES string of the molecule is CC1(C)OB(Cc2cccc(F)c2Br)OC1(C)C. The van der Waals surface area contributed by atoms with Gasteiger partial charge in [-0.2, -0.15) is 0 Å². The summed E-state index contributed by atoms with van der Waals surface area (Å²) < 4.78 is 25.7. The van der Waals surface area contributed by atoms with Crippen LogP contribution in [0.15, 0.2) is 22.7 Å². The first-order chi connectivity index (χ1) is 8.23. The van der Waals surface area contributed by atoms with Crippen LogP contribution in [-0.2, 0) is 15.6 Å². The monoisotopic (exact) mass is 314 g/mol. The summed E-state index contributed by atoms with van der Waals surface area (Å²) in [6, 6.07) is 5.00. The molecule has 2 rings (SSSR count). The number of rotatable bonds is 2. The van der Waals surface area contributed by atoms with E-state index >= 15 is 0 Å². The van der Waals surface area contributed by atoms with Gasteiger partial charge in [-0.3, -0.25) is 0 Å². The van der Waals surface area contributed by atoms with Crippen LogP contribution in [0.5, 0.6) is 0 Å². The zero-order chi connectivity index (χ0) is 13.6. The van der Waals surface area contributed by atoms with Crippen LogP contribution >= 0.6 is 15.9 Å². The second-order valence-corrected chi connectivity index (χ2v) is 6.40. The number of halogens is 2. The van der Waals surface area contributed by atoms with Crippen molar-refractivity contribution in [2.24, 2.45) is 0 Å². The summed E-state index contributed by atoms with van der Waals surface area (Å²) in [7, 11) is -0.340. The molecular formula is C13H17BBrFO2. The molecule has 0 bridgehead atoms. The third-order valence-electron chi connectivity index (χ3n) is 3.72. The third kappa shape index (κ3) is 2.49. The molecule has 0 atom stereocenters. The van der Waals surface area contributed by atoms with Crippen molar-refractivity contribution in [2.75, 3.05) is 0 Å². The summed E-state index contributed by atoms with van der Waals surface area (Å²) in [5, 5.41) is 0. The van der Waals surface area contributed by atoms with Crippen molar-refractivity contribution in [3.63, 3.8) is 0 Å². The Hall–Kier alpha value is -0.385. The summed E-state index contributed by atoms with van der Waals surface area (Å²) >= 11 is 3.26. The summed E-state index contributed by atoms with van der Waals surface area (Å²) in [5.41, 5.74) is 0.156. The molecule has 0 spiro atoms. The highest BCUT2D eigenvalue weighted by Crippen LogP contribution is 2.38. The van der Waals surface area contributed by atoms with Gasteiger partial charge in [0.1, 0.15) is 5.82 Å². The average molecular weight is 315 g/mol. The molecule has 0 radical (unpaired) electrons. The predicted octanol–water partition coefficient (Wildman–Crippen LogP) is 3.76. The van der Waals surface area contributed by atoms with E-state index in [0.29, 0.717) is 10.8 Å². The lowest BCUT2D eigenvalue weighted by Crippen LogP contribution is -2.41. The van der Waals surface area contributed by atoms with Gasteiger partial charge in [-0.05, 0) is 55.3 Å². The zero-order valence-corrected chi connectivity index (χ0v) is 12.7. The molecule has 5 heteroatoms. The molecule has 0 unspecified atom stereocenters. The molecule has 1 aliphatic heterocycles. The molecule has 1 heterocycles. The molecule has 2 nitrogen and oxygen atoms in total. The van der Waals surface area contributed by atoms with Gasteiger partial charge >= 0.3 is 7.12 Å². The predicted molar refractivity (Wildman–Crippen MR) is 73.9 cm³/mol. The Morgan fingerprint density at radius 3 is 2.28 bits per heavy atom. The van der Waals surface area contributed by atoms with E-state index < -0.39 is 0 Å². The van der Waals surface area contributed by atoms with Crippen molar-refractivity contribution in [1.82, 2.24) is 0 Å². The van der Waals surface area contributed by atoms with Crippen LogP contribution in [0.2, 0.25) is 0 Å². The molecular weight excluding hydrogens is 298 g/mol. The van der Waals surface area contributed by atoms with Gasteiger partial charge in [0.05, 0.1) is 15.7 Å². The van der Waals surface area contributed by atoms with E-state index in [9.17, 15) is 4.39 Å². The highest BCUT2D eigenvalue weighted by molar-refractivity contribution is 9.10. The van der Waals surface area contributed by atoms with Crippen molar-refractivity contribution in [2.45, 2.75) is 45.2 Å². The first kappa shape index (κ1) is 14.0. The highest BCUT2D eigenvalue weighted by Gasteiger charge is 2.50. The maximum absolute atomic E-state index is 13.4. The Morgan fingerprint density at radius 1 is 1.17 bits per heavy atom. The topological polar surface area (TPSA) is 18.5 Å². The van der Waals surface area contributed by atoms with E-state index in [4.69, 9.17) is 9.31 Å². The van der Waals surface area contributed by atoms with E-state index in [-0.39, 0.29) is 24.1 Å². The Labute approximate surface area is 116 Å². The van der Waals surface area contributed by atoms with Crippen molar-refractivity contribution < 1.29 is 13.7 Å². The zero-order valence-electron chi connectivity index (χ0n) is 11.1. The molecule has 1 aromatic carbocycles. The van der Waals surface area contributed by atoms with Crippen molar-refractivity contribution in [3.05, 3.63) is 34.1 Å². The van der Waals surface area contributed by atoms with E-state index in [0.717, 1.165) is 5.56 Å². The highest BCUT2D eigenvalue weighted by atomic mass is 79.9. The second kappa shape index (κ2) is 4.62. The molecule has 0 amide bonds. The smallest absolute Gasteiger partial charge is 0.403 e. The summed E-state index contributed by atoms with van der Waals surface area (Å²) in [6.07, 6.45) is 0.533. The van der Waals surface area contributed by atoms with Gasteiger partial charge in [0.25, 0.3) is 0 Å². The quantitative estimate of drug-likeness (QED) is 0.774. The fraction of sp³-hybridized carbons (Fsp3) is 0.538. The molecule has 0 aromatic heterocycles. The van der Waals surface area contributed by atoms with E-state index in [2.05, 4.69) is 15.9 Å². The Bertz CT molecular complexity index is 446. The molecule has 1 saturated heterocycles.